The van der Waals surface area contributed by atoms with E-state index >= 15 is 0 Å². The lowest BCUT2D eigenvalue weighted by Gasteiger charge is -2.17. The highest BCUT2D eigenvalue weighted by atomic mass is 32.2. The predicted octanol–water partition coefficient (Wildman–Crippen LogP) is 0.982. The van der Waals surface area contributed by atoms with Gasteiger partial charge in [-0.05, 0) is 36.4 Å². The van der Waals surface area contributed by atoms with E-state index in [1.165, 1.54) is 38.5 Å². The molecule has 0 aromatic heterocycles. The Hall–Kier alpha value is -2.62. The molecule has 0 aliphatic rings. The fourth-order valence-corrected chi connectivity index (χ4v) is 3.30. The summed E-state index contributed by atoms with van der Waals surface area (Å²) in [6.45, 7) is -0.703. The lowest BCUT2D eigenvalue weighted by Crippen LogP contribution is -2.46. The van der Waals surface area contributed by atoms with Crippen LogP contribution in [0.2, 0.25) is 0 Å². The third kappa shape index (κ3) is 4.94. The second kappa shape index (κ2) is 8.65. The zero-order chi connectivity index (χ0) is 19.2. The molecule has 1 atom stereocenters. The van der Waals surface area contributed by atoms with Crippen LogP contribution in [0, 0.1) is 0 Å². The highest BCUT2D eigenvalue weighted by molar-refractivity contribution is 7.89. The first-order chi connectivity index (χ1) is 12.4. The van der Waals surface area contributed by atoms with E-state index in [2.05, 4.69) is 10.0 Å². The quantitative estimate of drug-likeness (QED) is 0.629. The molecule has 0 heterocycles. The zero-order valence-corrected chi connectivity index (χ0v) is 15.1. The summed E-state index contributed by atoms with van der Waals surface area (Å²) in [7, 11) is -1.05. The van der Waals surface area contributed by atoms with Crippen LogP contribution in [0.1, 0.15) is 0 Å². The molecule has 2 rings (SSSR count). The Morgan fingerprint density at radius 2 is 1.73 bits per heavy atom. The second-order valence-electron chi connectivity index (χ2n) is 5.25. The van der Waals surface area contributed by atoms with Crippen molar-refractivity contribution in [2.75, 3.05) is 26.1 Å². The Morgan fingerprint density at radius 3 is 2.31 bits per heavy atom. The molecule has 1 amide bonds. The minimum absolute atomic E-state index is 0.0501. The Labute approximate surface area is 151 Å². The number of methoxy groups -OCH3 is 2. The third-order valence-corrected chi connectivity index (χ3v) is 4.99. The van der Waals surface area contributed by atoms with Crippen LogP contribution in [0.4, 0.5) is 5.69 Å². The average Bonchev–Trinajstić information content (AvgIpc) is 2.66. The highest BCUT2D eigenvalue weighted by Gasteiger charge is 2.25. The molecule has 0 fully saturated rings. The molecule has 0 radical (unpaired) electrons. The van der Waals surface area contributed by atoms with Crippen molar-refractivity contribution < 1.29 is 27.8 Å². The van der Waals surface area contributed by atoms with Crippen LogP contribution in [-0.4, -0.2) is 46.3 Å². The molecule has 8 nitrogen and oxygen atoms in total. The summed E-state index contributed by atoms with van der Waals surface area (Å²) >= 11 is 0. The molecule has 2 aromatic rings. The second-order valence-corrected chi connectivity index (χ2v) is 6.97. The normalized spacial score (nSPS) is 12.3. The smallest absolute Gasteiger partial charge is 0.244 e. The minimum Gasteiger partial charge on any atom is -0.497 e. The van der Waals surface area contributed by atoms with E-state index in [0.29, 0.717) is 17.2 Å². The molecule has 0 aliphatic heterocycles. The summed E-state index contributed by atoms with van der Waals surface area (Å²) in [5, 5.41) is 12.0. The summed E-state index contributed by atoms with van der Waals surface area (Å²) < 4.78 is 37.0. The molecule has 2 aromatic carbocycles. The number of aliphatic hydroxyl groups excluding tert-OH is 1. The number of hydrogen-bond acceptors (Lipinski definition) is 6. The first-order valence-electron chi connectivity index (χ1n) is 7.62. The Balaban J connectivity index is 2.12. The number of nitrogens with one attached hydrogen (secondary N) is 2. The van der Waals surface area contributed by atoms with E-state index in [9.17, 15) is 18.3 Å². The number of anilines is 1. The van der Waals surface area contributed by atoms with Crippen LogP contribution in [0.3, 0.4) is 0 Å². The average molecular weight is 380 g/mol. The predicted molar refractivity (Wildman–Crippen MR) is 95.8 cm³/mol. The van der Waals surface area contributed by atoms with Crippen LogP contribution in [0.25, 0.3) is 0 Å². The van der Waals surface area contributed by atoms with Crippen molar-refractivity contribution in [3.63, 3.8) is 0 Å². The molecule has 3 N–H and O–H groups in total. The number of rotatable bonds is 8. The van der Waals surface area contributed by atoms with Crippen LogP contribution in [-0.2, 0) is 14.8 Å². The zero-order valence-electron chi connectivity index (χ0n) is 14.3. The van der Waals surface area contributed by atoms with E-state index in [1.54, 1.807) is 24.3 Å². The van der Waals surface area contributed by atoms with Crippen LogP contribution in [0.15, 0.2) is 53.4 Å². The minimum atomic E-state index is -4.00. The molecule has 0 unspecified atom stereocenters. The van der Waals surface area contributed by atoms with E-state index in [1.807, 2.05) is 0 Å². The molecule has 0 saturated heterocycles. The highest BCUT2D eigenvalue weighted by Crippen LogP contribution is 2.18. The maximum Gasteiger partial charge on any atom is 0.244 e. The lowest BCUT2D eigenvalue weighted by molar-refractivity contribution is -0.118. The SMILES string of the molecule is COc1ccc(S(=O)(=O)N[C@@H](CO)C(=O)Nc2cccc(OC)c2)cc1. The molecule has 26 heavy (non-hydrogen) atoms. The Kier molecular flexibility index (Phi) is 6.56. The van der Waals surface area contributed by atoms with E-state index in [0.717, 1.165) is 0 Å². The Bertz CT molecular complexity index is 852. The number of aliphatic hydroxyl groups is 1. The number of amides is 1. The van der Waals surface area contributed by atoms with Crippen molar-refractivity contribution in [2.45, 2.75) is 10.9 Å². The first kappa shape index (κ1) is 19.7. The maximum atomic E-state index is 12.4. The van der Waals surface area contributed by atoms with Gasteiger partial charge in [0.05, 0.1) is 25.7 Å². The van der Waals surface area contributed by atoms with Crippen molar-refractivity contribution in [1.29, 1.82) is 0 Å². The molecule has 140 valence electrons. The van der Waals surface area contributed by atoms with Gasteiger partial charge in [0.1, 0.15) is 17.5 Å². The number of sulfonamides is 1. The molecule has 0 aliphatic carbocycles. The van der Waals surface area contributed by atoms with Gasteiger partial charge >= 0.3 is 0 Å². The molecular weight excluding hydrogens is 360 g/mol. The van der Waals surface area contributed by atoms with Gasteiger partial charge in [-0.3, -0.25) is 4.79 Å². The maximum absolute atomic E-state index is 12.4. The van der Waals surface area contributed by atoms with Gasteiger partial charge in [0.2, 0.25) is 15.9 Å². The van der Waals surface area contributed by atoms with Crippen molar-refractivity contribution in [1.82, 2.24) is 4.72 Å². The Morgan fingerprint density at radius 1 is 1.08 bits per heavy atom. The van der Waals surface area contributed by atoms with E-state index in [4.69, 9.17) is 9.47 Å². The van der Waals surface area contributed by atoms with Gasteiger partial charge in [0.25, 0.3) is 0 Å². The molecule has 0 bridgehead atoms. The first-order valence-corrected chi connectivity index (χ1v) is 9.10. The molecule has 0 spiro atoms. The number of ether oxygens (including phenoxy) is 2. The number of carbonyl (C=O) groups is 1. The molecular formula is C17H20N2O6S. The van der Waals surface area contributed by atoms with Gasteiger partial charge in [-0.25, -0.2) is 8.42 Å². The van der Waals surface area contributed by atoms with Gasteiger partial charge in [-0.1, -0.05) is 6.07 Å². The van der Waals surface area contributed by atoms with Crippen molar-refractivity contribution in [3.05, 3.63) is 48.5 Å². The monoisotopic (exact) mass is 380 g/mol. The summed E-state index contributed by atoms with van der Waals surface area (Å²) in [6.07, 6.45) is 0. The number of hydrogen-bond donors (Lipinski definition) is 3. The molecule has 9 heteroatoms. The molecule has 0 saturated carbocycles. The van der Waals surface area contributed by atoms with Gasteiger partial charge in [0.15, 0.2) is 0 Å². The van der Waals surface area contributed by atoms with Crippen molar-refractivity contribution in [3.8, 4) is 11.5 Å². The van der Waals surface area contributed by atoms with Gasteiger partial charge < -0.3 is 19.9 Å². The standard InChI is InChI=1S/C17H20N2O6S/c1-24-13-6-8-15(9-7-13)26(22,23)19-16(11-20)17(21)18-12-4-3-5-14(10-12)25-2/h3-10,16,19-20H,11H2,1-2H3,(H,18,21)/t16-/m0/s1. The lowest BCUT2D eigenvalue weighted by atomic mass is 10.2. The largest absolute Gasteiger partial charge is 0.497 e. The summed E-state index contributed by atoms with van der Waals surface area (Å²) in [6, 6.07) is 10.9. The van der Waals surface area contributed by atoms with Gasteiger partial charge in [-0.2, -0.15) is 4.72 Å². The fraction of sp³-hybridized carbons (Fsp3) is 0.235. The van der Waals surface area contributed by atoms with Crippen LogP contribution < -0.4 is 19.5 Å². The van der Waals surface area contributed by atoms with Gasteiger partial charge in [0, 0.05) is 11.8 Å². The number of benzene rings is 2. The number of carbonyl (C=O) groups excluding carboxylic acids is 1. The van der Waals surface area contributed by atoms with Crippen LogP contribution >= 0.6 is 0 Å². The summed E-state index contributed by atoms with van der Waals surface area (Å²) in [5.74, 6) is 0.332. The topological polar surface area (TPSA) is 114 Å². The van der Waals surface area contributed by atoms with E-state index < -0.39 is 28.6 Å². The summed E-state index contributed by atoms with van der Waals surface area (Å²) in [4.78, 5) is 12.2. The van der Waals surface area contributed by atoms with Crippen molar-refractivity contribution >= 4 is 21.6 Å². The van der Waals surface area contributed by atoms with E-state index in [-0.39, 0.29) is 4.90 Å². The summed E-state index contributed by atoms with van der Waals surface area (Å²) in [5.41, 5.74) is 0.413. The third-order valence-electron chi connectivity index (χ3n) is 3.50. The van der Waals surface area contributed by atoms with Crippen molar-refractivity contribution in [2.24, 2.45) is 0 Å². The van der Waals surface area contributed by atoms with Crippen LogP contribution in [0.5, 0.6) is 11.5 Å². The van der Waals surface area contributed by atoms with Gasteiger partial charge in [-0.15, -0.1) is 0 Å². The fourth-order valence-electron chi connectivity index (χ4n) is 2.11.